The second kappa shape index (κ2) is 5.70. The minimum Gasteiger partial charge on any atom is -0.497 e. The Bertz CT molecular complexity index is 263. The Kier molecular flexibility index (Phi) is 5.31. The van der Waals surface area contributed by atoms with Crippen molar-refractivity contribution in [3.05, 3.63) is 23.8 Å². The number of methoxy groups -OCH3 is 1. The topological polar surface area (TPSA) is 21.3 Å². The van der Waals surface area contributed by atoms with Crippen molar-refractivity contribution in [2.45, 2.75) is 13.8 Å². The molecular weight excluding hydrogens is 186 g/mol. The van der Waals surface area contributed by atoms with Crippen LogP contribution in [0.15, 0.2) is 18.2 Å². The zero-order valence-corrected chi connectivity index (χ0v) is 9.07. The van der Waals surface area contributed by atoms with Gasteiger partial charge in [0, 0.05) is 12.2 Å². The first kappa shape index (κ1) is 12.1. The third-order valence-electron chi connectivity index (χ3n) is 1.80. The largest absolute Gasteiger partial charge is 0.497 e. The molecule has 0 aliphatic carbocycles. The SMILES string of the molecule is CCNc1ccc(OC)cc1C.Cl. The van der Waals surface area contributed by atoms with Gasteiger partial charge in [-0.25, -0.2) is 0 Å². The number of halogens is 1. The summed E-state index contributed by atoms with van der Waals surface area (Å²) >= 11 is 0. The summed E-state index contributed by atoms with van der Waals surface area (Å²) in [4.78, 5) is 0. The first-order valence-electron chi connectivity index (χ1n) is 4.16. The predicted molar refractivity (Wildman–Crippen MR) is 59.1 cm³/mol. The Balaban J connectivity index is 0.00000144. The van der Waals surface area contributed by atoms with Gasteiger partial charge in [-0.3, -0.25) is 0 Å². The first-order valence-corrected chi connectivity index (χ1v) is 4.16. The molecule has 1 N–H and O–H groups in total. The lowest BCUT2D eigenvalue weighted by atomic mass is 10.2. The molecule has 2 nitrogen and oxygen atoms in total. The minimum absolute atomic E-state index is 0. The van der Waals surface area contributed by atoms with E-state index in [2.05, 4.69) is 19.2 Å². The lowest BCUT2D eigenvalue weighted by Gasteiger charge is -2.08. The molecule has 0 unspecified atom stereocenters. The molecule has 1 aromatic rings. The van der Waals surface area contributed by atoms with Crippen LogP contribution in [0.5, 0.6) is 5.75 Å². The van der Waals surface area contributed by atoms with Crippen LogP contribution in [0.3, 0.4) is 0 Å². The molecule has 0 saturated heterocycles. The highest BCUT2D eigenvalue weighted by Crippen LogP contribution is 2.20. The molecule has 0 fully saturated rings. The number of benzene rings is 1. The lowest BCUT2D eigenvalue weighted by molar-refractivity contribution is 0.414. The summed E-state index contributed by atoms with van der Waals surface area (Å²) in [6, 6.07) is 6.03. The number of hydrogen-bond acceptors (Lipinski definition) is 2. The summed E-state index contributed by atoms with van der Waals surface area (Å²) in [7, 11) is 1.68. The van der Waals surface area contributed by atoms with Crippen LogP contribution in [0, 0.1) is 6.92 Å². The smallest absolute Gasteiger partial charge is 0.119 e. The van der Waals surface area contributed by atoms with Gasteiger partial charge in [-0.15, -0.1) is 12.4 Å². The van der Waals surface area contributed by atoms with Gasteiger partial charge < -0.3 is 10.1 Å². The highest BCUT2D eigenvalue weighted by Gasteiger charge is 1.97. The standard InChI is InChI=1S/C10H15NO.ClH/c1-4-11-10-6-5-9(12-3)7-8(10)2;/h5-7,11H,4H2,1-3H3;1H. The second-order valence-electron chi connectivity index (χ2n) is 2.71. The van der Waals surface area contributed by atoms with Crippen molar-refractivity contribution in [2.75, 3.05) is 19.0 Å². The minimum atomic E-state index is 0. The fraction of sp³-hybridized carbons (Fsp3) is 0.400. The van der Waals surface area contributed by atoms with Crippen molar-refractivity contribution in [3.8, 4) is 5.75 Å². The zero-order valence-electron chi connectivity index (χ0n) is 8.26. The number of hydrogen-bond donors (Lipinski definition) is 1. The van der Waals surface area contributed by atoms with Crippen molar-refractivity contribution >= 4 is 18.1 Å². The van der Waals surface area contributed by atoms with Gasteiger partial charge in [0.15, 0.2) is 0 Å². The van der Waals surface area contributed by atoms with E-state index in [1.807, 2.05) is 18.2 Å². The molecule has 0 atom stereocenters. The van der Waals surface area contributed by atoms with E-state index in [1.165, 1.54) is 11.3 Å². The Morgan fingerprint density at radius 3 is 2.54 bits per heavy atom. The fourth-order valence-corrected chi connectivity index (χ4v) is 1.15. The van der Waals surface area contributed by atoms with Crippen LogP contribution in [0.4, 0.5) is 5.69 Å². The number of anilines is 1. The zero-order chi connectivity index (χ0) is 8.97. The van der Waals surface area contributed by atoms with Crippen LogP contribution in [0.25, 0.3) is 0 Å². The normalized spacial score (nSPS) is 8.85. The molecule has 0 radical (unpaired) electrons. The fourth-order valence-electron chi connectivity index (χ4n) is 1.15. The first-order chi connectivity index (χ1) is 5.77. The summed E-state index contributed by atoms with van der Waals surface area (Å²) in [6.07, 6.45) is 0. The van der Waals surface area contributed by atoms with Gasteiger partial charge in [-0.2, -0.15) is 0 Å². The van der Waals surface area contributed by atoms with Crippen LogP contribution in [-0.2, 0) is 0 Å². The average molecular weight is 202 g/mol. The number of nitrogens with one attached hydrogen (secondary N) is 1. The molecule has 0 aliphatic heterocycles. The van der Waals surface area contributed by atoms with E-state index in [0.717, 1.165) is 12.3 Å². The van der Waals surface area contributed by atoms with Crippen LogP contribution in [0.2, 0.25) is 0 Å². The number of aryl methyl sites for hydroxylation is 1. The summed E-state index contributed by atoms with van der Waals surface area (Å²) in [5, 5.41) is 3.27. The van der Waals surface area contributed by atoms with Gasteiger partial charge in [0.1, 0.15) is 5.75 Å². The van der Waals surface area contributed by atoms with Crippen LogP contribution >= 0.6 is 12.4 Å². The number of ether oxygens (including phenoxy) is 1. The third kappa shape index (κ3) is 3.15. The molecule has 0 amide bonds. The summed E-state index contributed by atoms with van der Waals surface area (Å²) in [5.41, 5.74) is 2.40. The molecule has 1 aromatic carbocycles. The predicted octanol–water partition coefficient (Wildman–Crippen LogP) is 2.86. The van der Waals surface area contributed by atoms with Gasteiger partial charge in [0.25, 0.3) is 0 Å². The second-order valence-corrected chi connectivity index (χ2v) is 2.71. The van der Waals surface area contributed by atoms with Gasteiger partial charge in [0.05, 0.1) is 7.11 Å². The van der Waals surface area contributed by atoms with E-state index in [4.69, 9.17) is 4.74 Å². The summed E-state index contributed by atoms with van der Waals surface area (Å²) < 4.78 is 5.10. The maximum atomic E-state index is 5.10. The molecule has 0 bridgehead atoms. The highest BCUT2D eigenvalue weighted by atomic mass is 35.5. The summed E-state index contributed by atoms with van der Waals surface area (Å²) in [6.45, 7) is 5.11. The monoisotopic (exact) mass is 201 g/mol. The van der Waals surface area contributed by atoms with Gasteiger partial charge in [-0.05, 0) is 37.6 Å². The molecule has 0 heterocycles. The van der Waals surface area contributed by atoms with Gasteiger partial charge in [0.2, 0.25) is 0 Å². The Morgan fingerprint density at radius 1 is 1.38 bits per heavy atom. The van der Waals surface area contributed by atoms with Crippen molar-refractivity contribution < 1.29 is 4.74 Å². The van der Waals surface area contributed by atoms with Crippen molar-refractivity contribution in [1.82, 2.24) is 0 Å². The van der Waals surface area contributed by atoms with E-state index in [9.17, 15) is 0 Å². The molecule has 0 aromatic heterocycles. The van der Waals surface area contributed by atoms with Crippen LogP contribution in [-0.4, -0.2) is 13.7 Å². The molecule has 13 heavy (non-hydrogen) atoms. The van der Waals surface area contributed by atoms with Gasteiger partial charge in [-0.1, -0.05) is 0 Å². The molecular formula is C10H16ClNO. The molecule has 3 heteroatoms. The highest BCUT2D eigenvalue weighted by molar-refractivity contribution is 5.85. The molecule has 0 spiro atoms. The van der Waals surface area contributed by atoms with Gasteiger partial charge >= 0.3 is 0 Å². The molecule has 0 aliphatic rings. The van der Waals surface area contributed by atoms with Crippen molar-refractivity contribution in [2.24, 2.45) is 0 Å². The maximum Gasteiger partial charge on any atom is 0.119 e. The molecule has 74 valence electrons. The quantitative estimate of drug-likeness (QED) is 0.812. The van der Waals surface area contributed by atoms with E-state index >= 15 is 0 Å². The average Bonchev–Trinajstić information content (AvgIpc) is 2.09. The maximum absolute atomic E-state index is 5.10. The van der Waals surface area contributed by atoms with Crippen LogP contribution < -0.4 is 10.1 Å². The third-order valence-corrected chi connectivity index (χ3v) is 1.80. The number of rotatable bonds is 3. The molecule has 0 saturated carbocycles. The Morgan fingerprint density at radius 2 is 2.08 bits per heavy atom. The van der Waals surface area contributed by atoms with Crippen molar-refractivity contribution in [3.63, 3.8) is 0 Å². The van der Waals surface area contributed by atoms with Crippen LogP contribution in [0.1, 0.15) is 12.5 Å². The van der Waals surface area contributed by atoms with E-state index < -0.39 is 0 Å². The Labute approximate surface area is 85.7 Å². The van der Waals surface area contributed by atoms with E-state index in [1.54, 1.807) is 7.11 Å². The van der Waals surface area contributed by atoms with Crippen molar-refractivity contribution in [1.29, 1.82) is 0 Å². The lowest BCUT2D eigenvalue weighted by Crippen LogP contribution is -1.98. The van der Waals surface area contributed by atoms with E-state index in [0.29, 0.717) is 0 Å². The van der Waals surface area contributed by atoms with E-state index in [-0.39, 0.29) is 12.4 Å². The Hall–Kier alpha value is -0.890. The summed E-state index contributed by atoms with van der Waals surface area (Å²) in [5.74, 6) is 0.911. The molecule has 1 rings (SSSR count).